The van der Waals surface area contributed by atoms with E-state index < -0.39 is 0 Å². The number of piperidine rings is 1. The van der Waals surface area contributed by atoms with E-state index in [0.717, 1.165) is 18.4 Å². The number of rotatable bonds is 3. The molecule has 0 spiro atoms. The van der Waals surface area contributed by atoms with Gasteiger partial charge < -0.3 is 9.64 Å². The maximum Gasteiger partial charge on any atom is 0.313 e. The van der Waals surface area contributed by atoms with Crippen molar-refractivity contribution >= 4 is 17.6 Å². The first-order chi connectivity index (χ1) is 10.0. The van der Waals surface area contributed by atoms with Crippen LogP contribution in [-0.2, 0) is 9.53 Å². The molecule has 2 saturated heterocycles. The van der Waals surface area contributed by atoms with Crippen molar-refractivity contribution < 1.29 is 9.53 Å². The maximum absolute atomic E-state index is 12.4. The van der Waals surface area contributed by atoms with Crippen LogP contribution in [0.2, 0.25) is 5.02 Å². The standard InChI is InChI=1S/C17H22ClNO2/c1-11(12-4-3-5-13(18)8-12)17(20)21-16-9-14-6-7-15(10-16)19(14)2/h3-5,8,11,14-16H,6-7,9-10H2,1-2H3/t11?,14-,15+,16-. The molecule has 2 bridgehead atoms. The summed E-state index contributed by atoms with van der Waals surface area (Å²) in [5.41, 5.74) is 0.920. The van der Waals surface area contributed by atoms with Gasteiger partial charge in [-0.25, -0.2) is 0 Å². The topological polar surface area (TPSA) is 29.5 Å². The lowest BCUT2D eigenvalue weighted by Gasteiger charge is -2.36. The molecular weight excluding hydrogens is 286 g/mol. The van der Waals surface area contributed by atoms with Crippen molar-refractivity contribution in [1.29, 1.82) is 0 Å². The van der Waals surface area contributed by atoms with E-state index in [1.54, 1.807) is 0 Å². The van der Waals surface area contributed by atoms with Crippen LogP contribution in [0.5, 0.6) is 0 Å². The maximum atomic E-state index is 12.4. The lowest BCUT2D eigenvalue weighted by atomic mass is 9.99. The monoisotopic (exact) mass is 307 g/mol. The molecule has 2 heterocycles. The Morgan fingerprint density at radius 2 is 2.00 bits per heavy atom. The number of nitrogens with zero attached hydrogens (tertiary/aromatic N) is 1. The summed E-state index contributed by atoms with van der Waals surface area (Å²) in [6.45, 7) is 1.89. The second-order valence-electron chi connectivity index (χ2n) is 6.36. The lowest BCUT2D eigenvalue weighted by Crippen LogP contribution is -2.43. The summed E-state index contributed by atoms with van der Waals surface area (Å²) >= 11 is 5.99. The molecule has 2 fully saturated rings. The molecule has 0 saturated carbocycles. The fraction of sp³-hybridized carbons (Fsp3) is 0.588. The van der Waals surface area contributed by atoms with Gasteiger partial charge in [-0.05, 0) is 57.4 Å². The Bertz CT molecular complexity index is 519. The zero-order valence-corrected chi connectivity index (χ0v) is 13.3. The number of hydrogen-bond acceptors (Lipinski definition) is 3. The average molecular weight is 308 g/mol. The number of ether oxygens (including phenoxy) is 1. The van der Waals surface area contributed by atoms with Gasteiger partial charge in [0.2, 0.25) is 0 Å². The van der Waals surface area contributed by atoms with Crippen molar-refractivity contribution in [2.45, 2.75) is 56.7 Å². The molecule has 1 unspecified atom stereocenters. The molecule has 2 aliphatic heterocycles. The van der Waals surface area contributed by atoms with Gasteiger partial charge >= 0.3 is 5.97 Å². The van der Waals surface area contributed by atoms with E-state index >= 15 is 0 Å². The van der Waals surface area contributed by atoms with Crippen LogP contribution in [0.15, 0.2) is 24.3 Å². The van der Waals surface area contributed by atoms with E-state index in [1.165, 1.54) is 12.8 Å². The van der Waals surface area contributed by atoms with Crippen molar-refractivity contribution in [1.82, 2.24) is 4.90 Å². The van der Waals surface area contributed by atoms with Crippen LogP contribution in [0.4, 0.5) is 0 Å². The van der Waals surface area contributed by atoms with E-state index in [-0.39, 0.29) is 18.0 Å². The predicted octanol–water partition coefficient (Wildman–Crippen LogP) is 3.61. The Balaban J connectivity index is 1.62. The van der Waals surface area contributed by atoms with Crippen LogP contribution in [0.25, 0.3) is 0 Å². The summed E-state index contributed by atoms with van der Waals surface area (Å²) in [6, 6.07) is 8.63. The second-order valence-corrected chi connectivity index (χ2v) is 6.79. The SMILES string of the molecule is CC(C(=O)O[C@@H]1C[C@H]2CC[C@@H](C1)N2C)c1cccc(Cl)c1. The Morgan fingerprint density at radius 3 is 2.62 bits per heavy atom. The Labute approximate surface area is 131 Å². The smallest absolute Gasteiger partial charge is 0.313 e. The van der Waals surface area contributed by atoms with E-state index in [9.17, 15) is 4.79 Å². The van der Waals surface area contributed by atoms with Gasteiger partial charge in [-0.15, -0.1) is 0 Å². The highest BCUT2D eigenvalue weighted by atomic mass is 35.5. The van der Waals surface area contributed by atoms with Crippen LogP contribution in [-0.4, -0.2) is 36.1 Å². The van der Waals surface area contributed by atoms with Crippen LogP contribution in [0, 0.1) is 0 Å². The molecule has 1 aromatic carbocycles. The highest BCUT2D eigenvalue weighted by Crippen LogP contribution is 2.36. The first-order valence-corrected chi connectivity index (χ1v) is 8.10. The molecule has 21 heavy (non-hydrogen) atoms. The fourth-order valence-electron chi connectivity index (χ4n) is 3.64. The Morgan fingerprint density at radius 1 is 1.33 bits per heavy atom. The van der Waals surface area contributed by atoms with E-state index in [4.69, 9.17) is 16.3 Å². The summed E-state index contributed by atoms with van der Waals surface area (Å²) in [6.07, 6.45) is 4.49. The largest absolute Gasteiger partial charge is 0.462 e. The Kier molecular flexibility index (Phi) is 4.23. The van der Waals surface area contributed by atoms with Crippen molar-refractivity contribution in [3.8, 4) is 0 Å². The van der Waals surface area contributed by atoms with E-state index in [2.05, 4.69) is 11.9 Å². The lowest BCUT2D eigenvalue weighted by molar-refractivity contribution is -0.153. The zero-order valence-electron chi connectivity index (χ0n) is 12.6. The first-order valence-electron chi connectivity index (χ1n) is 7.72. The zero-order chi connectivity index (χ0) is 15.0. The van der Waals surface area contributed by atoms with Crippen molar-refractivity contribution in [3.63, 3.8) is 0 Å². The van der Waals surface area contributed by atoms with Crippen LogP contribution < -0.4 is 0 Å². The molecule has 0 radical (unpaired) electrons. The minimum absolute atomic E-state index is 0.0767. The van der Waals surface area contributed by atoms with Crippen LogP contribution in [0.1, 0.15) is 44.1 Å². The van der Waals surface area contributed by atoms with Gasteiger partial charge in [0.05, 0.1) is 5.92 Å². The number of hydrogen-bond donors (Lipinski definition) is 0. The highest BCUT2D eigenvalue weighted by molar-refractivity contribution is 6.30. The molecule has 3 nitrogen and oxygen atoms in total. The summed E-state index contributed by atoms with van der Waals surface area (Å²) in [4.78, 5) is 14.8. The second kappa shape index (κ2) is 5.98. The minimum Gasteiger partial charge on any atom is -0.462 e. The van der Waals surface area contributed by atoms with Gasteiger partial charge in [0.25, 0.3) is 0 Å². The summed E-state index contributed by atoms with van der Waals surface area (Å²) < 4.78 is 5.77. The molecule has 0 aliphatic carbocycles. The third-order valence-electron chi connectivity index (χ3n) is 5.04. The van der Waals surface area contributed by atoms with E-state index in [1.807, 2.05) is 31.2 Å². The molecule has 0 amide bonds. The quantitative estimate of drug-likeness (QED) is 0.799. The number of fused-ring (bicyclic) bond motifs is 2. The number of benzene rings is 1. The third-order valence-corrected chi connectivity index (χ3v) is 5.28. The van der Waals surface area contributed by atoms with Gasteiger partial charge in [-0.2, -0.15) is 0 Å². The molecule has 0 N–H and O–H groups in total. The Hall–Kier alpha value is -1.06. The number of carbonyl (C=O) groups is 1. The molecule has 4 heteroatoms. The minimum atomic E-state index is -0.263. The van der Waals surface area contributed by atoms with E-state index in [0.29, 0.717) is 17.1 Å². The number of halogens is 1. The fourth-order valence-corrected chi connectivity index (χ4v) is 3.83. The van der Waals surface area contributed by atoms with Gasteiger partial charge in [0.15, 0.2) is 0 Å². The highest BCUT2D eigenvalue weighted by Gasteiger charge is 2.40. The van der Waals surface area contributed by atoms with Gasteiger partial charge in [-0.3, -0.25) is 4.79 Å². The molecular formula is C17H22ClNO2. The van der Waals surface area contributed by atoms with Crippen LogP contribution >= 0.6 is 11.6 Å². The molecule has 4 atom stereocenters. The van der Waals surface area contributed by atoms with Crippen molar-refractivity contribution in [2.24, 2.45) is 0 Å². The third kappa shape index (κ3) is 3.09. The normalized spacial score (nSPS) is 30.1. The molecule has 1 aromatic rings. The number of esters is 1. The first kappa shape index (κ1) is 14.9. The van der Waals surface area contributed by atoms with Gasteiger partial charge in [0.1, 0.15) is 6.10 Å². The summed E-state index contributed by atoms with van der Waals surface area (Å²) in [7, 11) is 2.19. The summed E-state index contributed by atoms with van der Waals surface area (Å²) in [5.74, 6) is -0.396. The van der Waals surface area contributed by atoms with Crippen molar-refractivity contribution in [2.75, 3.05) is 7.05 Å². The molecule has 0 aromatic heterocycles. The molecule has 114 valence electrons. The van der Waals surface area contributed by atoms with Gasteiger partial charge in [-0.1, -0.05) is 23.7 Å². The molecule has 2 aliphatic rings. The van der Waals surface area contributed by atoms with Crippen LogP contribution in [0.3, 0.4) is 0 Å². The van der Waals surface area contributed by atoms with Crippen molar-refractivity contribution in [3.05, 3.63) is 34.9 Å². The van der Waals surface area contributed by atoms with Gasteiger partial charge in [0, 0.05) is 17.1 Å². The summed E-state index contributed by atoms with van der Waals surface area (Å²) in [5, 5.41) is 0.657. The number of carbonyl (C=O) groups excluding carboxylic acids is 1. The molecule has 3 rings (SSSR count). The average Bonchev–Trinajstić information content (AvgIpc) is 2.69. The predicted molar refractivity (Wildman–Crippen MR) is 83.6 cm³/mol.